The highest BCUT2D eigenvalue weighted by Gasteiger charge is 2.09. The first-order chi connectivity index (χ1) is 11.1. The summed E-state index contributed by atoms with van der Waals surface area (Å²) in [5.74, 6) is 0.135. The lowest BCUT2D eigenvalue weighted by Crippen LogP contribution is -2.14. The molecule has 6 heteroatoms. The maximum Gasteiger partial charge on any atom is 0.419 e. The second-order valence-corrected chi connectivity index (χ2v) is 5.19. The van der Waals surface area contributed by atoms with Gasteiger partial charge in [0, 0.05) is 12.7 Å². The molecule has 0 aliphatic carbocycles. The summed E-state index contributed by atoms with van der Waals surface area (Å²) in [6, 6.07) is 12.4. The van der Waals surface area contributed by atoms with Crippen LogP contribution >= 0.6 is 0 Å². The molecule has 3 aromatic rings. The van der Waals surface area contributed by atoms with Crippen LogP contribution in [-0.4, -0.2) is 17.6 Å². The summed E-state index contributed by atoms with van der Waals surface area (Å²) in [7, 11) is 3.21. The van der Waals surface area contributed by atoms with Crippen LogP contribution in [0.3, 0.4) is 0 Å². The summed E-state index contributed by atoms with van der Waals surface area (Å²) >= 11 is 0. The smallest absolute Gasteiger partial charge is 0.419 e. The van der Waals surface area contributed by atoms with E-state index in [1.807, 2.05) is 24.3 Å². The Kier molecular flexibility index (Phi) is 3.89. The maximum atomic E-state index is 12.2. The molecule has 0 unspecified atom stereocenters. The van der Waals surface area contributed by atoms with Crippen LogP contribution < -0.4 is 15.8 Å². The van der Waals surface area contributed by atoms with Crippen molar-refractivity contribution < 1.29 is 13.9 Å². The average molecular weight is 312 g/mol. The molecule has 118 valence electrons. The number of fused-ring (bicyclic) bond motifs is 1. The Hall–Kier alpha value is -3.02. The van der Waals surface area contributed by atoms with Gasteiger partial charge in [-0.1, -0.05) is 12.1 Å². The molecule has 0 fully saturated rings. The quantitative estimate of drug-likeness (QED) is 0.802. The number of oxazole rings is 1. The number of ether oxygens (including phenoxy) is 1. The Balaban J connectivity index is 1.77. The molecule has 23 heavy (non-hydrogen) atoms. The number of carbonyl (C=O) groups is 1. The van der Waals surface area contributed by atoms with Crippen molar-refractivity contribution in [2.24, 2.45) is 7.05 Å². The van der Waals surface area contributed by atoms with Gasteiger partial charge < -0.3 is 14.5 Å². The van der Waals surface area contributed by atoms with Gasteiger partial charge in [0.2, 0.25) is 5.91 Å². The first-order valence-corrected chi connectivity index (χ1v) is 7.09. The van der Waals surface area contributed by atoms with Gasteiger partial charge in [-0.25, -0.2) is 4.79 Å². The minimum absolute atomic E-state index is 0.147. The molecule has 0 aliphatic rings. The molecular formula is C17H16N2O4. The number of hydrogen-bond donors (Lipinski definition) is 1. The maximum absolute atomic E-state index is 12.2. The Bertz CT molecular complexity index is 924. The molecule has 1 aromatic heterocycles. The fourth-order valence-corrected chi connectivity index (χ4v) is 2.38. The predicted molar refractivity (Wildman–Crippen MR) is 86.8 cm³/mol. The number of rotatable bonds is 4. The Morgan fingerprint density at radius 2 is 2.09 bits per heavy atom. The first-order valence-electron chi connectivity index (χ1n) is 7.09. The van der Waals surface area contributed by atoms with Crippen LogP contribution in [0.1, 0.15) is 5.56 Å². The summed E-state index contributed by atoms with van der Waals surface area (Å²) in [5.41, 5.74) is 2.60. The van der Waals surface area contributed by atoms with E-state index in [0.29, 0.717) is 22.5 Å². The molecule has 1 N–H and O–H groups in total. The number of benzene rings is 2. The molecule has 3 rings (SSSR count). The lowest BCUT2D eigenvalue weighted by Gasteiger charge is -2.07. The molecule has 0 saturated heterocycles. The van der Waals surface area contributed by atoms with E-state index in [0.717, 1.165) is 5.56 Å². The van der Waals surface area contributed by atoms with E-state index < -0.39 is 5.76 Å². The highest BCUT2D eigenvalue weighted by atomic mass is 16.5. The molecule has 0 radical (unpaired) electrons. The molecule has 0 saturated carbocycles. The fourth-order valence-electron chi connectivity index (χ4n) is 2.38. The van der Waals surface area contributed by atoms with E-state index in [1.54, 1.807) is 32.4 Å². The number of nitrogens with one attached hydrogen (secondary N) is 1. The highest BCUT2D eigenvalue weighted by molar-refractivity contribution is 5.94. The Labute approximate surface area is 132 Å². The van der Waals surface area contributed by atoms with Crippen LogP contribution in [0, 0.1) is 0 Å². The summed E-state index contributed by atoms with van der Waals surface area (Å²) in [4.78, 5) is 23.6. The lowest BCUT2D eigenvalue weighted by atomic mass is 10.1. The van der Waals surface area contributed by atoms with Crippen LogP contribution in [0.5, 0.6) is 5.75 Å². The Morgan fingerprint density at radius 3 is 2.87 bits per heavy atom. The van der Waals surface area contributed by atoms with E-state index in [-0.39, 0.29) is 12.3 Å². The van der Waals surface area contributed by atoms with Gasteiger partial charge in [-0.3, -0.25) is 9.36 Å². The molecule has 1 amide bonds. The van der Waals surface area contributed by atoms with Gasteiger partial charge in [0.1, 0.15) is 5.75 Å². The van der Waals surface area contributed by atoms with E-state index in [4.69, 9.17) is 9.15 Å². The molecule has 0 aliphatic heterocycles. The van der Waals surface area contributed by atoms with E-state index in [1.165, 1.54) is 4.57 Å². The Morgan fingerprint density at radius 1 is 1.26 bits per heavy atom. The van der Waals surface area contributed by atoms with Gasteiger partial charge in [0.05, 0.1) is 19.0 Å². The molecule has 2 aromatic carbocycles. The van der Waals surface area contributed by atoms with Crippen LogP contribution in [0.2, 0.25) is 0 Å². The zero-order chi connectivity index (χ0) is 16.4. The fraction of sp³-hybridized carbons (Fsp3) is 0.176. The third-order valence-electron chi connectivity index (χ3n) is 3.57. The van der Waals surface area contributed by atoms with E-state index in [2.05, 4.69) is 5.32 Å². The predicted octanol–water partition coefficient (Wildman–Crippen LogP) is 2.32. The third-order valence-corrected chi connectivity index (χ3v) is 3.57. The molecule has 6 nitrogen and oxygen atoms in total. The zero-order valence-corrected chi connectivity index (χ0v) is 12.8. The largest absolute Gasteiger partial charge is 0.497 e. The third kappa shape index (κ3) is 3.11. The van der Waals surface area contributed by atoms with Crippen LogP contribution in [0.25, 0.3) is 11.1 Å². The SMILES string of the molecule is COc1cccc(CC(=O)Nc2ccc3oc(=O)n(C)c3c2)c1. The number of amides is 1. The van der Waals surface area contributed by atoms with Crippen molar-refractivity contribution in [2.45, 2.75) is 6.42 Å². The van der Waals surface area contributed by atoms with E-state index in [9.17, 15) is 9.59 Å². The summed E-state index contributed by atoms with van der Waals surface area (Å²) < 4.78 is 11.6. The minimum Gasteiger partial charge on any atom is -0.497 e. The zero-order valence-electron chi connectivity index (χ0n) is 12.8. The average Bonchev–Trinajstić information content (AvgIpc) is 2.82. The van der Waals surface area contributed by atoms with Gasteiger partial charge in [-0.2, -0.15) is 0 Å². The van der Waals surface area contributed by atoms with Crippen molar-refractivity contribution in [3.63, 3.8) is 0 Å². The van der Waals surface area contributed by atoms with Gasteiger partial charge in [-0.15, -0.1) is 0 Å². The number of methoxy groups -OCH3 is 1. The minimum atomic E-state index is -0.431. The molecule has 0 bridgehead atoms. The number of nitrogens with zero attached hydrogens (tertiary/aromatic N) is 1. The standard InChI is InChI=1S/C17H16N2O4/c1-19-14-10-12(6-7-15(14)23-17(19)21)18-16(20)9-11-4-3-5-13(8-11)22-2/h3-8,10H,9H2,1-2H3,(H,18,20). The topological polar surface area (TPSA) is 73.5 Å². The van der Waals surface area contributed by atoms with Crippen molar-refractivity contribution in [1.82, 2.24) is 4.57 Å². The number of carbonyl (C=O) groups excluding carboxylic acids is 1. The first kappa shape index (κ1) is 14.9. The summed E-state index contributed by atoms with van der Waals surface area (Å²) in [5, 5.41) is 2.82. The summed E-state index contributed by atoms with van der Waals surface area (Å²) in [6.07, 6.45) is 0.236. The monoisotopic (exact) mass is 312 g/mol. The van der Waals surface area contributed by atoms with Crippen molar-refractivity contribution in [2.75, 3.05) is 12.4 Å². The number of aromatic nitrogens is 1. The van der Waals surface area contributed by atoms with Crippen LogP contribution in [-0.2, 0) is 18.3 Å². The molecule has 0 spiro atoms. The number of aryl methyl sites for hydroxylation is 1. The molecular weight excluding hydrogens is 296 g/mol. The van der Waals surface area contributed by atoms with Crippen molar-refractivity contribution in [1.29, 1.82) is 0 Å². The number of hydrogen-bond acceptors (Lipinski definition) is 4. The molecule has 0 atom stereocenters. The van der Waals surface area contributed by atoms with E-state index >= 15 is 0 Å². The van der Waals surface area contributed by atoms with Crippen molar-refractivity contribution >= 4 is 22.7 Å². The van der Waals surface area contributed by atoms with Crippen molar-refractivity contribution in [3.8, 4) is 5.75 Å². The van der Waals surface area contributed by atoms with Crippen LogP contribution in [0.15, 0.2) is 51.7 Å². The number of anilines is 1. The highest BCUT2D eigenvalue weighted by Crippen LogP contribution is 2.18. The lowest BCUT2D eigenvalue weighted by molar-refractivity contribution is -0.115. The van der Waals surface area contributed by atoms with Gasteiger partial charge in [0.15, 0.2) is 5.58 Å². The van der Waals surface area contributed by atoms with Crippen molar-refractivity contribution in [3.05, 3.63) is 58.6 Å². The molecule has 1 heterocycles. The summed E-state index contributed by atoms with van der Waals surface area (Å²) in [6.45, 7) is 0. The normalized spacial score (nSPS) is 10.7. The second kappa shape index (κ2) is 6.00. The van der Waals surface area contributed by atoms with Crippen LogP contribution in [0.4, 0.5) is 5.69 Å². The van der Waals surface area contributed by atoms with Gasteiger partial charge in [-0.05, 0) is 35.9 Å². The van der Waals surface area contributed by atoms with Gasteiger partial charge >= 0.3 is 5.76 Å². The second-order valence-electron chi connectivity index (χ2n) is 5.19. The van der Waals surface area contributed by atoms with Gasteiger partial charge in [0.25, 0.3) is 0 Å².